The maximum Gasteiger partial charge on any atom is 0.253 e. The normalized spacial score (nSPS) is 14.3. The summed E-state index contributed by atoms with van der Waals surface area (Å²) in [6.07, 6.45) is 0. The number of carbonyl (C=O) groups excluding carboxylic acids is 1. The van der Waals surface area contributed by atoms with Crippen LogP contribution in [0.1, 0.15) is 32.6 Å². The number of ether oxygens (including phenoxy) is 1. The first-order chi connectivity index (χ1) is 16.3. The number of hydrogen-bond acceptors (Lipinski definition) is 3. The zero-order valence-electron chi connectivity index (χ0n) is 19.3. The highest BCUT2D eigenvalue weighted by molar-refractivity contribution is 6.42. The summed E-state index contributed by atoms with van der Waals surface area (Å²) >= 11 is 18.4. The zero-order valence-corrected chi connectivity index (χ0v) is 21.6. The van der Waals surface area contributed by atoms with Gasteiger partial charge < -0.3 is 9.64 Å². The molecule has 1 saturated heterocycles. The van der Waals surface area contributed by atoms with E-state index in [-0.39, 0.29) is 5.91 Å². The molecule has 0 unspecified atom stereocenters. The summed E-state index contributed by atoms with van der Waals surface area (Å²) in [5.41, 5.74) is 4.81. The first-order valence-electron chi connectivity index (χ1n) is 11.2. The number of amides is 1. The summed E-state index contributed by atoms with van der Waals surface area (Å²) in [5, 5.41) is 1.90. The minimum atomic E-state index is 0.0607. The molecule has 3 aromatic rings. The highest BCUT2D eigenvalue weighted by atomic mass is 35.5. The van der Waals surface area contributed by atoms with Gasteiger partial charge in [-0.25, -0.2) is 0 Å². The first kappa shape index (κ1) is 24.9. The van der Waals surface area contributed by atoms with Crippen LogP contribution >= 0.6 is 34.8 Å². The Balaban J connectivity index is 1.28. The summed E-state index contributed by atoms with van der Waals surface area (Å²) in [4.78, 5) is 17.2. The van der Waals surface area contributed by atoms with E-state index in [1.54, 1.807) is 0 Å². The lowest BCUT2D eigenvalue weighted by atomic mass is 10.1. The third-order valence-corrected chi connectivity index (χ3v) is 7.40. The van der Waals surface area contributed by atoms with Crippen molar-refractivity contribution in [2.45, 2.75) is 27.0 Å². The molecule has 4 nitrogen and oxygen atoms in total. The molecule has 0 atom stereocenters. The lowest BCUT2D eigenvalue weighted by molar-refractivity contribution is 0.0628. The van der Waals surface area contributed by atoms with Gasteiger partial charge in [-0.1, -0.05) is 53.0 Å². The van der Waals surface area contributed by atoms with Gasteiger partial charge in [0.2, 0.25) is 0 Å². The number of hydrogen-bond donors (Lipinski definition) is 0. The molecule has 4 rings (SSSR count). The molecule has 3 aromatic carbocycles. The van der Waals surface area contributed by atoms with Crippen LogP contribution < -0.4 is 4.74 Å². The number of aryl methyl sites for hydroxylation is 2. The smallest absolute Gasteiger partial charge is 0.253 e. The van der Waals surface area contributed by atoms with Gasteiger partial charge in [-0.05, 0) is 72.5 Å². The maximum absolute atomic E-state index is 13.0. The molecule has 34 heavy (non-hydrogen) atoms. The maximum atomic E-state index is 13.0. The number of rotatable bonds is 6. The van der Waals surface area contributed by atoms with E-state index in [1.165, 1.54) is 0 Å². The molecule has 1 amide bonds. The van der Waals surface area contributed by atoms with Gasteiger partial charge in [0.1, 0.15) is 12.4 Å². The van der Waals surface area contributed by atoms with Crippen LogP contribution in [0.2, 0.25) is 15.1 Å². The second-order valence-corrected chi connectivity index (χ2v) is 9.87. The topological polar surface area (TPSA) is 32.8 Å². The number of piperazine rings is 1. The van der Waals surface area contributed by atoms with Crippen molar-refractivity contribution in [2.24, 2.45) is 0 Å². The van der Waals surface area contributed by atoms with Gasteiger partial charge in [-0.15, -0.1) is 0 Å². The van der Waals surface area contributed by atoms with Gasteiger partial charge in [-0.2, -0.15) is 0 Å². The van der Waals surface area contributed by atoms with Crippen molar-refractivity contribution in [3.63, 3.8) is 0 Å². The lowest BCUT2D eigenvalue weighted by Crippen LogP contribution is -2.48. The van der Waals surface area contributed by atoms with Crippen LogP contribution in [-0.4, -0.2) is 41.9 Å². The molecule has 1 fully saturated rings. The van der Waals surface area contributed by atoms with Crippen LogP contribution in [0.15, 0.2) is 54.6 Å². The predicted molar refractivity (Wildman–Crippen MR) is 139 cm³/mol. The fraction of sp³-hybridized carbons (Fsp3) is 0.296. The van der Waals surface area contributed by atoms with Gasteiger partial charge in [0.25, 0.3) is 5.91 Å². The van der Waals surface area contributed by atoms with Crippen LogP contribution in [0.3, 0.4) is 0 Å². The van der Waals surface area contributed by atoms with E-state index in [9.17, 15) is 4.79 Å². The Bertz CT molecular complexity index is 1150. The van der Waals surface area contributed by atoms with Gasteiger partial charge in [0, 0.05) is 43.3 Å². The van der Waals surface area contributed by atoms with E-state index in [0.29, 0.717) is 35.3 Å². The van der Waals surface area contributed by atoms with E-state index >= 15 is 0 Å². The highest BCUT2D eigenvalue weighted by Gasteiger charge is 2.22. The second-order valence-electron chi connectivity index (χ2n) is 8.67. The SMILES string of the molecule is Cc1cc(OCc2ccc(C(=O)N3CCN(Cc4ccc(Cl)c(Cl)c4)CC3)cc2)cc(C)c1Cl. The van der Waals surface area contributed by atoms with E-state index in [4.69, 9.17) is 39.5 Å². The average Bonchev–Trinajstić information content (AvgIpc) is 2.84. The predicted octanol–water partition coefficient (Wildman–Crippen LogP) is 6.80. The molecule has 0 radical (unpaired) electrons. The third kappa shape index (κ3) is 6.05. The van der Waals surface area contributed by atoms with Crippen molar-refractivity contribution in [3.8, 4) is 5.75 Å². The molecular weight excluding hydrogens is 491 g/mol. The minimum Gasteiger partial charge on any atom is -0.489 e. The van der Waals surface area contributed by atoms with Gasteiger partial charge in [0.05, 0.1) is 10.0 Å². The standard InChI is InChI=1S/C27H27Cl3N2O2/c1-18-13-23(14-19(2)26(18)30)34-17-20-3-6-22(7-4-20)27(33)32-11-9-31(10-12-32)16-21-5-8-24(28)25(29)15-21/h3-8,13-15H,9-12,16-17H2,1-2H3. The first-order valence-corrected chi connectivity index (χ1v) is 12.4. The van der Waals surface area contributed by atoms with E-state index in [0.717, 1.165) is 52.7 Å². The second kappa shape index (κ2) is 11.0. The Morgan fingerprint density at radius 1 is 0.824 bits per heavy atom. The van der Waals surface area contributed by atoms with Crippen molar-refractivity contribution >= 4 is 40.7 Å². The van der Waals surface area contributed by atoms with Crippen molar-refractivity contribution in [1.82, 2.24) is 9.80 Å². The quantitative estimate of drug-likeness (QED) is 0.360. The minimum absolute atomic E-state index is 0.0607. The molecule has 0 saturated carbocycles. The fourth-order valence-electron chi connectivity index (χ4n) is 4.09. The van der Waals surface area contributed by atoms with Crippen LogP contribution in [0.4, 0.5) is 0 Å². The lowest BCUT2D eigenvalue weighted by Gasteiger charge is -2.34. The Morgan fingerprint density at radius 2 is 1.44 bits per heavy atom. The van der Waals surface area contributed by atoms with Crippen LogP contribution in [0.5, 0.6) is 5.75 Å². The van der Waals surface area contributed by atoms with E-state index < -0.39 is 0 Å². The molecular formula is C27H27Cl3N2O2. The van der Waals surface area contributed by atoms with Crippen molar-refractivity contribution in [2.75, 3.05) is 26.2 Å². The summed E-state index contributed by atoms with van der Waals surface area (Å²) in [6.45, 7) is 8.18. The third-order valence-electron chi connectivity index (χ3n) is 6.07. The molecule has 0 spiro atoms. The molecule has 0 aromatic heterocycles. The molecule has 1 aliphatic heterocycles. The molecule has 7 heteroatoms. The zero-order chi connectivity index (χ0) is 24.2. The average molecular weight is 518 g/mol. The summed E-state index contributed by atoms with van der Waals surface area (Å²) < 4.78 is 5.92. The van der Waals surface area contributed by atoms with E-state index in [2.05, 4.69) is 4.90 Å². The van der Waals surface area contributed by atoms with Crippen LogP contribution in [0, 0.1) is 13.8 Å². The molecule has 178 valence electrons. The van der Waals surface area contributed by atoms with Gasteiger partial charge in [-0.3, -0.25) is 9.69 Å². The fourth-order valence-corrected chi connectivity index (χ4v) is 4.52. The molecule has 1 aliphatic rings. The monoisotopic (exact) mass is 516 g/mol. The summed E-state index contributed by atoms with van der Waals surface area (Å²) in [7, 11) is 0. The van der Waals surface area contributed by atoms with Crippen LogP contribution in [0.25, 0.3) is 0 Å². The Labute approximate surface area is 216 Å². The summed E-state index contributed by atoms with van der Waals surface area (Å²) in [5.74, 6) is 0.851. The van der Waals surface area contributed by atoms with Gasteiger partial charge >= 0.3 is 0 Å². The highest BCUT2D eigenvalue weighted by Crippen LogP contribution is 2.27. The molecule has 0 bridgehead atoms. The van der Waals surface area contributed by atoms with E-state index in [1.807, 2.05) is 73.3 Å². The Morgan fingerprint density at radius 3 is 2.06 bits per heavy atom. The Hall–Kier alpha value is -2.24. The summed E-state index contributed by atoms with van der Waals surface area (Å²) in [6, 6.07) is 17.2. The van der Waals surface area contributed by atoms with Crippen molar-refractivity contribution < 1.29 is 9.53 Å². The van der Waals surface area contributed by atoms with Gasteiger partial charge in [0.15, 0.2) is 0 Å². The molecule has 0 N–H and O–H groups in total. The number of nitrogens with zero attached hydrogens (tertiary/aromatic N) is 2. The number of carbonyl (C=O) groups is 1. The molecule has 0 aliphatic carbocycles. The van der Waals surface area contributed by atoms with Crippen LogP contribution in [-0.2, 0) is 13.2 Å². The number of halogens is 3. The largest absolute Gasteiger partial charge is 0.489 e. The van der Waals surface area contributed by atoms with Crippen molar-refractivity contribution in [3.05, 3.63) is 97.5 Å². The Kier molecular flexibility index (Phi) is 8.05. The molecule has 1 heterocycles. The van der Waals surface area contributed by atoms with Crippen molar-refractivity contribution in [1.29, 1.82) is 0 Å². The number of benzene rings is 3.